The van der Waals surface area contributed by atoms with E-state index in [2.05, 4.69) is 24.1 Å². The first-order valence-electron chi connectivity index (χ1n) is 7.56. The summed E-state index contributed by atoms with van der Waals surface area (Å²) in [5.41, 5.74) is 0.521. The minimum atomic E-state index is -0.377. The summed E-state index contributed by atoms with van der Waals surface area (Å²) in [6.07, 6.45) is 1.93. The second-order valence-electron chi connectivity index (χ2n) is 6.66. The van der Waals surface area contributed by atoms with Crippen molar-refractivity contribution in [3.05, 3.63) is 36.4 Å². The van der Waals surface area contributed by atoms with Crippen molar-refractivity contribution >= 4 is 22.6 Å². The average molecular weight is 284 g/mol. The average Bonchev–Trinajstić information content (AvgIpc) is 2.45. The van der Waals surface area contributed by atoms with Gasteiger partial charge in [0.15, 0.2) is 0 Å². The molecule has 0 fully saturated rings. The van der Waals surface area contributed by atoms with E-state index in [1.165, 1.54) is 0 Å². The minimum absolute atomic E-state index is 0.0333. The van der Waals surface area contributed by atoms with E-state index in [1.54, 1.807) is 0 Å². The molecule has 2 aromatic rings. The van der Waals surface area contributed by atoms with Gasteiger partial charge in [-0.1, -0.05) is 45.9 Å². The number of amides is 1. The molecule has 0 spiro atoms. The number of rotatable bonds is 5. The maximum Gasteiger partial charge on any atom is 0.231 e. The van der Waals surface area contributed by atoms with Crippen molar-refractivity contribution in [3.8, 4) is 0 Å². The van der Waals surface area contributed by atoms with Crippen molar-refractivity contribution in [1.29, 1.82) is 0 Å². The number of carbonyl (C=O) groups is 1. The molecule has 0 aliphatic carbocycles. The molecule has 2 rings (SSSR count). The minimum Gasteiger partial charge on any atom is -0.310 e. The van der Waals surface area contributed by atoms with E-state index in [9.17, 15) is 4.79 Å². The molecule has 1 N–H and O–H groups in total. The van der Waals surface area contributed by atoms with Crippen molar-refractivity contribution in [2.24, 2.45) is 11.3 Å². The molecule has 3 nitrogen and oxygen atoms in total. The SMILES string of the molecule is CC(C)CCC(C)(C)C(=O)Nc1ccc2ccccc2n1. The quantitative estimate of drug-likeness (QED) is 0.869. The van der Waals surface area contributed by atoms with Crippen LogP contribution in [0.1, 0.15) is 40.5 Å². The predicted octanol–water partition coefficient (Wildman–Crippen LogP) is 4.64. The Hall–Kier alpha value is -1.90. The number of anilines is 1. The first-order valence-corrected chi connectivity index (χ1v) is 7.56. The molecule has 0 aliphatic heterocycles. The molecule has 21 heavy (non-hydrogen) atoms. The lowest BCUT2D eigenvalue weighted by molar-refractivity contribution is -0.124. The summed E-state index contributed by atoms with van der Waals surface area (Å²) in [6, 6.07) is 11.7. The van der Waals surface area contributed by atoms with Gasteiger partial charge < -0.3 is 5.32 Å². The molecule has 112 valence electrons. The molecule has 0 bridgehead atoms. The molecule has 1 aromatic carbocycles. The normalized spacial score (nSPS) is 11.9. The highest BCUT2D eigenvalue weighted by Gasteiger charge is 2.27. The Labute approximate surface area is 126 Å². The molecular formula is C18H24N2O. The summed E-state index contributed by atoms with van der Waals surface area (Å²) in [4.78, 5) is 16.9. The van der Waals surface area contributed by atoms with Gasteiger partial charge in [0.25, 0.3) is 0 Å². The van der Waals surface area contributed by atoms with Crippen molar-refractivity contribution in [2.75, 3.05) is 5.32 Å². The molecule has 1 heterocycles. The zero-order valence-electron chi connectivity index (χ0n) is 13.3. The van der Waals surface area contributed by atoms with E-state index < -0.39 is 0 Å². The third kappa shape index (κ3) is 4.03. The van der Waals surface area contributed by atoms with Crippen molar-refractivity contribution < 1.29 is 4.79 Å². The standard InChI is InChI=1S/C18H24N2O/c1-13(2)11-12-18(3,4)17(21)20-16-10-9-14-7-5-6-8-15(14)19-16/h5-10,13H,11-12H2,1-4H3,(H,19,20,21). The van der Waals surface area contributed by atoms with Crippen LogP contribution >= 0.6 is 0 Å². The summed E-state index contributed by atoms with van der Waals surface area (Å²) < 4.78 is 0. The molecular weight excluding hydrogens is 260 g/mol. The number of nitrogens with one attached hydrogen (secondary N) is 1. The smallest absolute Gasteiger partial charge is 0.231 e. The zero-order chi connectivity index (χ0) is 15.5. The fourth-order valence-electron chi connectivity index (χ4n) is 2.18. The number of hydrogen-bond donors (Lipinski definition) is 1. The fourth-order valence-corrected chi connectivity index (χ4v) is 2.18. The van der Waals surface area contributed by atoms with Gasteiger partial charge in [-0.3, -0.25) is 4.79 Å². The van der Waals surface area contributed by atoms with E-state index in [0.717, 1.165) is 23.7 Å². The lowest BCUT2D eigenvalue weighted by Crippen LogP contribution is -2.31. The Morgan fingerprint density at radius 1 is 1.19 bits per heavy atom. The first kappa shape index (κ1) is 15.5. The topological polar surface area (TPSA) is 42.0 Å². The van der Waals surface area contributed by atoms with E-state index >= 15 is 0 Å². The fraction of sp³-hybridized carbons (Fsp3) is 0.444. The van der Waals surface area contributed by atoms with Crippen molar-refractivity contribution in [3.63, 3.8) is 0 Å². The number of para-hydroxylation sites is 1. The van der Waals surface area contributed by atoms with Gasteiger partial charge in [0.05, 0.1) is 5.52 Å². The molecule has 0 radical (unpaired) electrons. The van der Waals surface area contributed by atoms with Crippen LogP contribution in [-0.2, 0) is 4.79 Å². The summed E-state index contributed by atoms with van der Waals surface area (Å²) in [6.45, 7) is 8.34. The van der Waals surface area contributed by atoms with Crippen LogP contribution in [0.25, 0.3) is 10.9 Å². The van der Waals surface area contributed by atoms with Crippen LogP contribution in [0, 0.1) is 11.3 Å². The second-order valence-corrected chi connectivity index (χ2v) is 6.66. The van der Waals surface area contributed by atoms with Crippen LogP contribution in [0.2, 0.25) is 0 Å². The van der Waals surface area contributed by atoms with E-state index in [-0.39, 0.29) is 11.3 Å². The second kappa shape index (κ2) is 6.25. The van der Waals surface area contributed by atoms with Gasteiger partial charge in [-0.25, -0.2) is 4.98 Å². The lowest BCUT2D eigenvalue weighted by Gasteiger charge is -2.24. The highest BCUT2D eigenvalue weighted by molar-refractivity contribution is 5.95. The van der Waals surface area contributed by atoms with Gasteiger partial charge >= 0.3 is 0 Å². The molecule has 3 heteroatoms. The number of nitrogens with zero attached hydrogens (tertiary/aromatic N) is 1. The van der Waals surface area contributed by atoms with Gasteiger partial charge in [-0.2, -0.15) is 0 Å². The summed E-state index contributed by atoms with van der Waals surface area (Å²) in [5, 5.41) is 4.03. The number of benzene rings is 1. The summed E-state index contributed by atoms with van der Waals surface area (Å²) in [5.74, 6) is 1.26. The highest BCUT2D eigenvalue weighted by Crippen LogP contribution is 2.26. The number of hydrogen-bond acceptors (Lipinski definition) is 2. The Balaban J connectivity index is 2.09. The third-order valence-electron chi connectivity index (χ3n) is 3.80. The molecule has 0 saturated carbocycles. The zero-order valence-corrected chi connectivity index (χ0v) is 13.3. The van der Waals surface area contributed by atoms with Gasteiger partial charge in [0, 0.05) is 10.8 Å². The maximum absolute atomic E-state index is 12.4. The van der Waals surface area contributed by atoms with Crippen molar-refractivity contribution in [1.82, 2.24) is 4.98 Å². The van der Waals surface area contributed by atoms with Crippen LogP contribution < -0.4 is 5.32 Å². The predicted molar refractivity (Wildman–Crippen MR) is 88.2 cm³/mol. The van der Waals surface area contributed by atoms with Gasteiger partial charge in [-0.15, -0.1) is 0 Å². The van der Waals surface area contributed by atoms with Crippen LogP contribution in [0.5, 0.6) is 0 Å². The number of pyridine rings is 1. The lowest BCUT2D eigenvalue weighted by atomic mass is 9.84. The molecule has 0 unspecified atom stereocenters. The van der Waals surface area contributed by atoms with Crippen LogP contribution in [-0.4, -0.2) is 10.9 Å². The Bertz CT molecular complexity index is 632. The third-order valence-corrected chi connectivity index (χ3v) is 3.80. The van der Waals surface area contributed by atoms with Gasteiger partial charge in [-0.05, 0) is 37.0 Å². The van der Waals surface area contributed by atoms with Crippen LogP contribution in [0.15, 0.2) is 36.4 Å². The molecule has 1 aromatic heterocycles. The van der Waals surface area contributed by atoms with E-state index in [1.807, 2.05) is 50.2 Å². The highest BCUT2D eigenvalue weighted by atomic mass is 16.2. The van der Waals surface area contributed by atoms with Gasteiger partial charge in [0.2, 0.25) is 5.91 Å². The Morgan fingerprint density at radius 3 is 2.62 bits per heavy atom. The largest absolute Gasteiger partial charge is 0.310 e. The molecule has 0 saturated heterocycles. The maximum atomic E-state index is 12.4. The first-order chi connectivity index (χ1) is 9.88. The molecule has 1 amide bonds. The van der Waals surface area contributed by atoms with Crippen molar-refractivity contribution in [2.45, 2.75) is 40.5 Å². The van der Waals surface area contributed by atoms with E-state index in [4.69, 9.17) is 0 Å². The summed E-state index contributed by atoms with van der Waals surface area (Å²) >= 11 is 0. The Morgan fingerprint density at radius 2 is 1.90 bits per heavy atom. The van der Waals surface area contributed by atoms with Gasteiger partial charge in [0.1, 0.15) is 5.82 Å². The Kier molecular flexibility index (Phi) is 4.61. The number of carbonyl (C=O) groups excluding carboxylic acids is 1. The van der Waals surface area contributed by atoms with Crippen LogP contribution in [0.3, 0.4) is 0 Å². The molecule has 0 atom stereocenters. The van der Waals surface area contributed by atoms with Crippen LogP contribution in [0.4, 0.5) is 5.82 Å². The number of fused-ring (bicyclic) bond motifs is 1. The summed E-state index contributed by atoms with van der Waals surface area (Å²) in [7, 11) is 0. The van der Waals surface area contributed by atoms with E-state index in [0.29, 0.717) is 11.7 Å². The number of aromatic nitrogens is 1. The monoisotopic (exact) mass is 284 g/mol. The molecule has 0 aliphatic rings.